The molecule has 5 heteroatoms. The minimum atomic E-state index is -3.31. The summed E-state index contributed by atoms with van der Waals surface area (Å²) in [5, 5.41) is 0. The fourth-order valence-electron chi connectivity index (χ4n) is 0.746. The Morgan fingerprint density at radius 1 is 1.58 bits per heavy atom. The molecule has 0 spiro atoms. The van der Waals surface area contributed by atoms with Crippen molar-refractivity contribution in [1.29, 1.82) is 0 Å². The maximum absolute atomic E-state index is 10.5. The van der Waals surface area contributed by atoms with Crippen molar-refractivity contribution in [2.75, 3.05) is 12.9 Å². The van der Waals surface area contributed by atoms with Crippen molar-refractivity contribution in [1.82, 2.24) is 0 Å². The highest BCUT2D eigenvalue weighted by molar-refractivity contribution is 7.85. The monoisotopic (exact) mass is 190 g/mol. The van der Waals surface area contributed by atoms with Crippen molar-refractivity contribution in [2.24, 2.45) is 0 Å². The molecule has 0 aliphatic rings. The zero-order valence-electron chi connectivity index (χ0n) is 6.69. The quantitative estimate of drug-likeness (QED) is 0.659. The van der Waals surface area contributed by atoms with E-state index in [1.165, 1.54) is 6.26 Å². The molecule has 0 aliphatic carbocycles. The number of hydrogen-bond donors (Lipinski definition) is 0. The molecular formula is C7H10O4S. The summed E-state index contributed by atoms with van der Waals surface area (Å²) in [5.74, 6) is 0. The molecule has 0 radical (unpaired) electrons. The Morgan fingerprint density at radius 2 is 2.33 bits per heavy atom. The highest BCUT2D eigenvalue weighted by atomic mass is 32.2. The predicted octanol–water partition coefficient (Wildman–Crippen LogP) is 0.798. The molecule has 1 heterocycles. The van der Waals surface area contributed by atoms with E-state index in [1.807, 2.05) is 0 Å². The molecule has 0 N–H and O–H groups in total. The molecule has 68 valence electrons. The molecule has 0 bridgehead atoms. The van der Waals surface area contributed by atoms with Crippen LogP contribution >= 0.6 is 0 Å². The van der Waals surface area contributed by atoms with Crippen molar-refractivity contribution >= 4 is 10.1 Å². The van der Waals surface area contributed by atoms with E-state index in [0.717, 1.165) is 11.8 Å². The van der Waals surface area contributed by atoms with E-state index in [0.29, 0.717) is 6.42 Å². The third kappa shape index (κ3) is 3.54. The molecule has 0 aromatic carbocycles. The van der Waals surface area contributed by atoms with Crippen molar-refractivity contribution in [3.63, 3.8) is 0 Å². The van der Waals surface area contributed by atoms with Crippen molar-refractivity contribution in [2.45, 2.75) is 6.42 Å². The zero-order chi connectivity index (χ0) is 9.03. The van der Waals surface area contributed by atoms with E-state index in [2.05, 4.69) is 4.18 Å². The molecule has 1 rings (SSSR count). The summed E-state index contributed by atoms with van der Waals surface area (Å²) >= 11 is 0. The smallest absolute Gasteiger partial charge is 0.264 e. The number of furan rings is 1. The average molecular weight is 190 g/mol. The van der Waals surface area contributed by atoms with E-state index in [4.69, 9.17) is 4.42 Å². The topological polar surface area (TPSA) is 56.5 Å². The Hall–Kier alpha value is -0.810. The second kappa shape index (κ2) is 3.73. The van der Waals surface area contributed by atoms with Gasteiger partial charge in [-0.3, -0.25) is 4.18 Å². The summed E-state index contributed by atoms with van der Waals surface area (Å²) in [7, 11) is -3.31. The first-order valence-electron chi connectivity index (χ1n) is 3.43. The largest absolute Gasteiger partial charge is 0.472 e. The summed E-state index contributed by atoms with van der Waals surface area (Å²) in [6.07, 6.45) is 4.67. The first-order chi connectivity index (χ1) is 5.58. The fraction of sp³-hybridized carbons (Fsp3) is 0.429. The Morgan fingerprint density at radius 3 is 2.83 bits per heavy atom. The number of hydrogen-bond acceptors (Lipinski definition) is 4. The van der Waals surface area contributed by atoms with Gasteiger partial charge in [0, 0.05) is 6.42 Å². The number of rotatable bonds is 4. The van der Waals surface area contributed by atoms with Gasteiger partial charge in [-0.25, -0.2) is 0 Å². The minimum absolute atomic E-state index is 0.165. The van der Waals surface area contributed by atoms with Gasteiger partial charge in [0.25, 0.3) is 10.1 Å². The van der Waals surface area contributed by atoms with Gasteiger partial charge in [0.2, 0.25) is 0 Å². The first-order valence-corrected chi connectivity index (χ1v) is 5.25. The van der Waals surface area contributed by atoms with E-state index in [1.54, 1.807) is 12.3 Å². The van der Waals surface area contributed by atoms with Crippen molar-refractivity contribution < 1.29 is 17.0 Å². The van der Waals surface area contributed by atoms with Crippen LogP contribution in [0.2, 0.25) is 0 Å². The molecule has 1 aromatic rings. The maximum atomic E-state index is 10.5. The molecule has 0 saturated carbocycles. The van der Waals surface area contributed by atoms with Crippen molar-refractivity contribution in [3.8, 4) is 0 Å². The molecule has 4 nitrogen and oxygen atoms in total. The highest BCUT2D eigenvalue weighted by Gasteiger charge is 2.01. The van der Waals surface area contributed by atoms with Gasteiger partial charge in [-0.1, -0.05) is 0 Å². The lowest BCUT2D eigenvalue weighted by atomic mass is 10.3. The maximum Gasteiger partial charge on any atom is 0.264 e. The molecule has 0 amide bonds. The van der Waals surface area contributed by atoms with Crippen molar-refractivity contribution in [3.05, 3.63) is 24.2 Å². The van der Waals surface area contributed by atoms with E-state index >= 15 is 0 Å². The summed E-state index contributed by atoms with van der Waals surface area (Å²) in [6.45, 7) is 0.165. The molecule has 0 unspecified atom stereocenters. The Balaban J connectivity index is 2.29. The van der Waals surface area contributed by atoms with Crippen LogP contribution in [0.5, 0.6) is 0 Å². The van der Waals surface area contributed by atoms with E-state index in [-0.39, 0.29) is 6.61 Å². The Bertz CT molecular complexity index is 311. The third-order valence-corrected chi connectivity index (χ3v) is 1.86. The molecular weight excluding hydrogens is 180 g/mol. The van der Waals surface area contributed by atoms with Crippen LogP contribution < -0.4 is 0 Å². The summed E-state index contributed by atoms with van der Waals surface area (Å²) in [6, 6.07) is 1.77. The zero-order valence-corrected chi connectivity index (χ0v) is 7.50. The summed E-state index contributed by atoms with van der Waals surface area (Å²) in [4.78, 5) is 0. The second-order valence-corrected chi connectivity index (χ2v) is 4.05. The molecule has 1 aromatic heterocycles. The van der Waals surface area contributed by atoms with Gasteiger partial charge in [-0.05, 0) is 11.6 Å². The molecule has 12 heavy (non-hydrogen) atoms. The van der Waals surface area contributed by atoms with Gasteiger partial charge in [-0.2, -0.15) is 8.42 Å². The lowest BCUT2D eigenvalue weighted by Gasteiger charge is -1.97. The fourth-order valence-corrected chi connectivity index (χ4v) is 1.13. The average Bonchev–Trinajstić information content (AvgIpc) is 2.36. The van der Waals surface area contributed by atoms with E-state index in [9.17, 15) is 8.42 Å². The lowest BCUT2D eigenvalue weighted by molar-refractivity contribution is 0.325. The summed E-state index contributed by atoms with van der Waals surface area (Å²) in [5.41, 5.74) is 0.929. The van der Waals surface area contributed by atoms with Crippen LogP contribution in [0.25, 0.3) is 0 Å². The lowest BCUT2D eigenvalue weighted by Crippen LogP contribution is -2.05. The van der Waals surface area contributed by atoms with Crippen LogP contribution in [0, 0.1) is 0 Å². The van der Waals surface area contributed by atoms with Gasteiger partial charge in [0.1, 0.15) is 0 Å². The van der Waals surface area contributed by atoms with E-state index < -0.39 is 10.1 Å². The van der Waals surface area contributed by atoms with Gasteiger partial charge in [0.15, 0.2) is 0 Å². The van der Waals surface area contributed by atoms with Gasteiger partial charge >= 0.3 is 0 Å². The van der Waals surface area contributed by atoms with Crippen LogP contribution in [0.4, 0.5) is 0 Å². The normalized spacial score (nSPS) is 11.8. The predicted molar refractivity (Wildman–Crippen MR) is 43.2 cm³/mol. The molecule has 0 aliphatic heterocycles. The van der Waals surface area contributed by atoms with Crippen LogP contribution in [0.1, 0.15) is 5.56 Å². The van der Waals surface area contributed by atoms with Crippen LogP contribution in [0.15, 0.2) is 23.0 Å². The van der Waals surface area contributed by atoms with Crippen LogP contribution in [-0.2, 0) is 20.7 Å². The Kier molecular flexibility index (Phi) is 2.88. The van der Waals surface area contributed by atoms with Crippen LogP contribution in [0.3, 0.4) is 0 Å². The van der Waals surface area contributed by atoms with Gasteiger partial charge in [0.05, 0.1) is 25.4 Å². The molecule has 0 saturated heterocycles. The summed E-state index contributed by atoms with van der Waals surface area (Å²) < 4.78 is 30.4. The minimum Gasteiger partial charge on any atom is -0.472 e. The highest BCUT2D eigenvalue weighted by Crippen LogP contribution is 2.01. The van der Waals surface area contributed by atoms with Gasteiger partial charge < -0.3 is 4.42 Å². The molecule has 0 fully saturated rings. The second-order valence-electron chi connectivity index (χ2n) is 2.41. The Labute approximate surface area is 71.3 Å². The first kappa shape index (κ1) is 9.28. The molecule has 0 atom stereocenters. The SMILES string of the molecule is CS(=O)(=O)OCCc1ccoc1. The standard InChI is InChI=1S/C7H10O4S/c1-12(8,9)11-5-3-7-2-4-10-6-7/h2,4,6H,3,5H2,1H3. The van der Waals surface area contributed by atoms with Gasteiger partial charge in [-0.15, -0.1) is 0 Å². The third-order valence-electron chi connectivity index (χ3n) is 1.27. The van der Waals surface area contributed by atoms with Crippen LogP contribution in [-0.4, -0.2) is 21.3 Å².